The van der Waals surface area contributed by atoms with E-state index in [1.165, 1.54) is 0 Å². The Morgan fingerprint density at radius 3 is 1.82 bits per heavy atom. The molecule has 1 aromatic rings. The fraction of sp³-hybridized carbons (Fsp3) is 0.250. The van der Waals surface area contributed by atoms with Gasteiger partial charge >= 0.3 is 86.2 Å². The molecule has 0 saturated heterocycles. The number of hydrogen-bond acceptors (Lipinski definition) is 1. The van der Waals surface area contributed by atoms with Crippen LogP contribution in [0, 0.1) is 0 Å². The van der Waals surface area contributed by atoms with Crippen LogP contribution in [-0.4, -0.2) is 39.9 Å². The van der Waals surface area contributed by atoms with E-state index in [1.807, 2.05) is 24.3 Å². The SMILES string of the molecule is C.C.[S-]c1ccccc1[Se-].[Sn+2]. The van der Waals surface area contributed by atoms with Gasteiger partial charge in [0.25, 0.3) is 0 Å². The molecule has 11 heavy (non-hydrogen) atoms. The molecule has 0 aliphatic heterocycles. The molecule has 0 amide bonds. The Bertz CT molecular complexity index is 170. The van der Waals surface area contributed by atoms with Gasteiger partial charge in [0, 0.05) is 0 Å². The number of benzene rings is 1. The van der Waals surface area contributed by atoms with Crippen LogP contribution in [0.1, 0.15) is 14.9 Å². The van der Waals surface area contributed by atoms with E-state index in [0.29, 0.717) is 0 Å². The van der Waals surface area contributed by atoms with Crippen LogP contribution in [0.4, 0.5) is 0 Å². The molecule has 1 rings (SSSR count). The van der Waals surface area contributed by atoms with Crippen LogP contribution in [0.25, 0.3) is 0 Å². The molecule has 0 aromatic heterocycles. The Kier molecular flexibility index (Phi) is 14.3. The molecule has 60 valence electrons. The normalized spacial score (nSPS) is 6.55. The van der Waals surface area contributed by atoms with Crippen LogP contribution in [0.2, 0.25) is 0 Å². The zero-order valence-electron chi connectivity index (χ0n) is 4.63. The van der Waals surface area contributed by atoms with Crippen molar-refractivity contribution in [2.45, 2.75) is 19.7 Å². The maximum Gasteiger partial charge on any atom is 2.00 e. The molecule has 0 aliphatic carbocycles. The molecule has 0 saturated carbocycles. The third kappa shape index (κ3) is 5.97. The molecule has 0 bridgehead atoms. The fourth-order valence-electron chi connectivity index (χ4n) is 0.450. The summed E-state index contributed by atoms with van der Waals surface area (Å²) < 4.78 is 1.06. The Morgan fingerprint density at radius 2 is 1.55 bits per heavy atom. The Hall–Kier alpha value is 0.758. The van der Waals surface area contributed by atoms with E-state index in [4.69, 9.17) is 12.6 Å². The molecule has 3 heteroatoms. The molecule has 0 nitrogen and oxygen atoms in total. The Labute approximate surface area is 100 Å². The monoisotopic (exact) mass is 340 g/mol. The third-order valence-electron chi connectivity index (χ3n) is 0.849. The van der Waals surface area contributed by atoms with Crippen LogP contribution in [-0.2, 0) is 12.6 Å². The molecule has 2 radical (unpaired) electrons. The minimum absolute atomic E-state index is 0. The van der Waals surface area contributed by atoms with Gasteiger partial charge in [0.1, 0.15) is 0 Å². The molecule has 0 aliphatic rings. The zero-order chi connectivity index (χ0) is 5.98. The van der Waals surface area contributed by atoms with Gasteiger partial charge in [0.2, 0.25) is 0 Å². The largest absolute Gasteiger partial charge is 2.00 e. The predicted molar refractivity (Wildman–Crippen MR) is 56.7 cm³/mol. The van der Waals surface area contributed by atoms with Crippen molar-refractivity contribution in [1.82, 2.24) is 0 Å². The summed E-state index contributed by atoms with van der Waals surface area (Å²) in [4.78, 5) is 0.896. The van der Waals surface area contributed by atoms with Crippen LogP contribution >= 0.6 is 0 Å². The molecule has 0 unspecified atom stereocenters. The van der Waals surface area contributed by atoms with Crippen molar-refractivity contribution in [3.63, 3.8) is 0 Å². The van der Waals surface area contributed by atoms with E-state index in [9.17, 15) is 0 Å². The van der Waals surface area contributed by atoms with Gasteiger partial charge in [-0.2, -0.15) is 0 Å². The molecule has 0 fully saturated rings. The summed E-state index contributed by atoms with van der Waals surface area (Å²) in [5.41, 5.74) is 0. The van der Waals surface area contributed by atoms with Crippen molar-refractivity contribution >= 4 is 57.0 Å². The van der Waals surface area contributed by atoms with Crippen molar-refractivity contribution in [3.05, 3.63) is 24.3 Å². The molecular weight excluding hydrogens is 326 g/mol. The third-order valence-corrected chi connectivity index (χ3v) is 2.24. The first-order valence-corrected chi connectivity index (χ1v) is 3.50. The summed E-state index contributed by atoms with van der Waals surface area (Å²) in [5, 5.41) is 0. The quantitative estimate of drug-likeness (QED) is 0.507. The first-order valence-electron chi connectivity index (χ1n) is 2.24. The van der Waals surface area contributed by atoms with Gasteiger partial charge in [0.15, 0.2) is 0 Å². The van der Waals surface area contributed by atoms with Crippen LogP contribution < -0.4 is 4.46 Å². The van der Waals surface area contributed by atoms with Crippen LogP contribution in [0.3, 0.4) is 0 Å². The number of hydrogen-bond donors (Lipinski definition) is 0. The minimum atomic E-state index is 0. The van der Waals surface area contributed by atoms with Crippen molar-refractivity contribution in [2.75, 3.05) is 0 Å². The van der Waals surface area contributed by atoms with Crippen molar-refractivity contribution in [1.29, 1.82) is 0 Å². The van der Waals surface area contributed by atoms with Gasteiger partial charge in [0.05, 0.1) is 0 Å². The van der Waals surface area contributed by atoms with Gasteiger partial charge in [-0.25, -0.2) is 0 Å². The molecular formula is C8H12SSeSn. The molecule has 1 aromatic carbocycles. The van der Waals surface area contributed by atoms with E-state index in [-0.39, 0.29) is 38.8 Å². The van der Waals surface area contributed by atoms with E-state index >= 15 is 0 Å². The standard InChI is InChI=1S/C6H6SSe.2CH4.Sn/c7-5-3-1-2-4-6(5)8;;;/h1-4,7-8H;2*1H4;/q;;;+2/p-2. The first-order chi connectivity index (χ1) is 3.80. The molecule has 0 spiro atoms. The molecule has 0 N–H and O–H groups in total. The van der Waals surface area contributed by atoms with Gasteiger partial charge in [-0.3, -0.25) is 0 Å². The van der Waals surface area contributed by atoms with Crippen molar-refractivity contribution in [3.8, 4) is 0 Å². The Balaban J connectivity index is -0.000000213. The minimum Gasteiger partial charge on any atom is 2.00 e. The van der Waals surface area contributed by atoms with E-state index < -0.39 is 0 Å². The summed E-state index contributed by atoms with van der Waals surface area (Å²) in [5.74, 6) is 0. The summed E-state index contributed by atoms with van der Waals surface area (Å²) in [6, 6.07) is 7.76. The summed E-state index contributed by atoms with van der Waals surface area (Å²) in [6.45, 7) is 0. The van der Waals surface area contributed by atoms with Gasteiger partial charge < -0.3 is 0 Å². The molecule has 0 atom stereocenters. The van der Waals surface area contributed by atoms with Gasteiger partial charge in [-0.15, -0.1) is 0 Å². The van der Waals surface area contributed by atoms with Gasteiger partial charge in [-0.05, 0) is 0 Å². The topological polar surface area (TPSA) is 0 Å². The zero-order valence-corrected chi connectivity index (χ0v) is 10.0. The fourth-order valence-corrected chi connectivity index (χ4v) is 0.904. The van der Waals surface area contributed by atoms with E-state index in [1.54, 1.807) is 0 Å². The maximum absolute atomic E-state index is 4.92. The summed E-state index contributed by atoms with van der Waals surface area (Å²) in [6.07, 6.45) is 0. The molecule has 0 heterocycles. The second-order valence-corrected chi connectivity index (χ2v) is 2.81. The second-order valence-electron chi connectivity index (χ2n) is 1.45. The van der Waals surface area contributed by atoms with Crippen LogP contribution in [0.15, 0.2) is 29.2 Å². The van der Waals surface area contributed by atoms with Crippen LogP contribution in [0.5, 0.6) is 0 Å². The smallest absolute Gasteiger partial charge is 2.00 e. The van der Waals surface area contributed by atoms with Gasteiger partial charge in [-0.1, -0.05) is 14.9 Å². The second kappa shape index (κ2) is 8.85. The average molecular weight is 338 g/mol. The first kappa shape index (κ1) is 17.7. The summed E-state index contributed by atoms with van der Waals surface area (Å²) in [7, 11) is 0. The van der Waals surface area contributed by atoms with E-state index in [2.05, 4.69) is 16.0 Å². The van der Waals surface area contributed by atoms with Crippen molar-refractivity contribution < 1.29 is 0 Å². The maximum atomic E-state index is 4.92. The summed E-state index contributed by atoms with van der Waals surface area (Å²) >= 11 is 7.79. The average Bonchev–Trinajstić information content (AvgIpc) is 1.77. The Morgan fingerprint density at radius 1 is 1.09 bits per heavy atom. The predicted octanol–water partition coefficient (Wildman–Crippen LogP) is 1.28. The van der Waals surface area contributed by atoms with E-state index in [0.717, 1.165) is 9.36 Å². The van der Waals surface area contributed by atoms with Crippen molar-refractivity contribution in [2.24, 2.45) is 0 Å². The number of rotatable bonds is 0.